The first-order valence-electron chi connectivity index (χ1n) is 6.24. The van der Waals surface area contributed by atoms with Crippen molar-refractivity contribution in [3.8, 4) is 0 Å². The SMILES string of the molecule is Cc1ccc(S(=O)(=O)N/N=C/c2ccc([N+](=O)[O-])cc2)cc1. The van der Waals surface area contributed by atoms with Gasteiger partial charge in [-0.1, -0.05) is 17.7 Å². The maximum Gasteiger partial charge on any atom is 0.276 e. The van der Waals surface area contributed by atoms with E-state index in [1.165, 1.54) is 42.6 Å². The van der Waals surface area contributed by atoms with Crippen molar-refractivity contribution in [3.05, 3.63) is 69.8 Å². The number of nitro groups is 1. The van der Waals surface area contributed by atoms with Crippen LogP contribution in [0.1, 0.15) is 11.1 Å². The number of nitrogens with zero attached hydrogens (tertiary/aromatic N) is 2. The zero-order valence-corrected chi connectivity index (χ0v) is 12.4. The number of aryl methyl sites for hydroxylation is 1. The fourth-order valence-electron chi connectivity index (χ4n) is 1.62. The maximum atomic E-state index is 12.0. The van der Waals surface area contributed by atoms with Crippen LogP contribution in [0.2, 0.25) is 0 Å². The summed E-state index contributed by atoms with van der Waals surface area (Å²) in [4.78, 5) is 12.2. The largest absolute Gasteiger partial charge is 0.276 e. The third-order valence-electron chi connectivity index (χ3n) is 2.82. The molecule has 0 amide bonds. The number of hydrogen-bond acceptors (Lipinski definition) is 5. The summed E-state index contributed by atoms with van der Waals surface area (Å²) in [6.07, 6.45) is 1.27. The number of hydrogen-bond donors (Lipinski definition) is 1. The zero-order valence-electron chi connectivity index (χ0n) is 11.6. The highest BCUT2D eigenvalue weighted by atomic mass is 32.2. The average Bonchev–Trinajstić information content (AvgIpc) is 2.48. The van der Waals surface area contributed by atoms with Crippen LogP contribution in [0, 0.1) is 17.0 Å². The normalized spacial score (nSPS) is 11.5. The summed E-state index contributed by atoms with van der Waals surface area (Å²) in [7, 11) is -3.72. The van der Waals surface area contributed by atoms with Gasteiger partial charge in [-0.25, -0.2) is 4.83 Å². The first kappa shape index (κ1) is 15.6. The van der Waals surface area contributed by atoms with Gasteiger partial charge in [0, 0.05) is 12.1 Å². The van der Waals surface area contributed by atoms with Gasteiger partial charge in [0.1, 0.15) is 0 Å². The number of hydrazone groups is 1. The Morgan fingerprint density at radius 3 is 2.23 bits per heavy atom. The summed E-state index contributed by atoms with van der Waals surface area (Å²) in [6, 6.07) is 11.9. The van der Waals surface area contributed by atoms with Crippen LogP contribution in [-0.2, 0) is 10.0 Å². The number of sulfonamides is 1. The van der Waals surface area contributed by atoms with E-state index in [0.717, 1.165) is 5.56 Å². The van der Waals surface area contributed by atoms with Crippen LogP contribution >= 0.6 is 0 Å². The molecular formula is C14H13N3O4S. The predicted molar refractivity (Wildman–Crippen MR) is 82.2 cm³/mol. The Kier molecular flexibility index (Phi) is 4.52. The van der Waals surface area contributed by atoms with Gasteiger partial charge >= 0.3 is 0 Å². The molecular weight excluding hydrogens is 306 g/mol. The summed E-state index contributed by atoms with van der Waals surface area (Å²) in [5.41, 5.74) is 1.45. The van der Waals surface area contributed by atoms with E-state index in [9.17, 15) is 18.5 Å². The summed E-state index contributed by atoms with van der Waals surface area (Å²) in [6.45, 7) is 1.86. The van der Waals surface area contributed by atoms with Crippen molar-refractivity contribution in [2.75, 3.05) is 0 Å². The quantitative estimate of drug-likeness (QED) is 0.518. The minimum atomic E-state index is -3.72. The number of non-ortho nitro benzene ring substituents is 1. The predicted octanol–water partition coefficient (Wildman–Crippen LogP) is 2.22. The van der Waals surface area contributed by atoms with E-state index >= 15 is 0 Å². The minimum absolute atomic E-state index is 0.0441. The number of nitro benzene ring substituents is 1. The molecule has 2 aromatic rings. The molecule has 0 heterocycles. The number of rotatable bonds is 5. The summed E-state index contributed by atoms with van der Waals surface area (Å²) >= 11 is 0. The smallest absolute Gasteiger partial charge is 0.258 e. The van der Waals surface area contributed by atoms with Crippen molar-refractivity contribution in [3.63, 3.8) is 0 Å². The molecule has 2 rings (SSSR count). The fraction of sp³-hybridized carbons (Fsp3) is 0.0714. The summed E-state index contributed by atoms with van der Waals surface area (Å²) < 4.78 is 23.9. The van der Waals surface area contributed by atoms with E-state index in [1.54, 1.807) is 12.1 Å². The molecule has 0 saturated heterocycles. The van der Waals surface area contributed by atoms with Crippen LogP contribution in [0.4, 0.5) is 5.69 Å². The number of benzene rings is 2. The Morgan fingerprint density at radius 1 is 1.09 bits per heavy atom. The van der Waals surface area contributed by atoms with Gasteiger partial charge in [0.05, 0.1) is 16.0 Å². The van der Waals surface area contributed by atoms with Crippen LogP contribution in [0.15, 0.2) is 58.5 Å². The Bertz CT molecular complexity index is 797. The molecule has 0 aliphatic rings. The number of nitrogens with one attached hydrogen (secondary N) is 1. The molecule has 0 radical (unpaired) electrons. The van der Waals surface area contributed by atoms with Gasteiger partial charge in [-0.3, -0.25) is 10.1 Å². The van der Waals surface area contributed by atoms with Crippen LogP contribution < -0.4 is 4.83 Å². The van der Waals surface area contributed by atoms with Crippen molar-refractivity contribution >= 4 is 21.9 Å². The Morgan fingerprint density at radius 2 is 1.68 bits per heavy atom. The van der Waals surface area contributed by atoms with Crippen molar-refractivity contribution in [1.82, 2.24) is 4.83 Å². The zero-order chi connectivity index (χ0) is 16.2. The van der Waals surface area contributed by atoms with Crippen molar-refractivity contribution in [1.29, 1.82) is 0 Å². The molecule has 0 aliphatic heterocycles. The van der Waals surface area contributed by atoms with Gasteiger partial charge in [0.25, 0.3) is 15.7 Å². The van der Waals surface area contributed by atoms with Gasteiger partial charge in [-0.05, 0) is 36.8 Å². The van der Waals surface area contributed by atoms with Gasteiger partial charge in [-0.2, -0.15) is 13.5 Å². The fourth-order valence-corrected chi connectivity index (χ4v) is 2.41. The Balaban J connectivity index is 2.08. The van der Waals surface area contributed by atoms with Crippen molar-refractivity contribution in [2.24, 2.45) is 5.10 Å². The Hall–Kier alpha value is -2.74. The average molecular weight is 319 g/mol. The standard InChI is InChI=1S/C14H13N3O4S/c1-11-2-8-14(9-3-11)22(20,21)16-15-10-12-4-6-13(7-5-12)17(18)19/h2-10,16H,1H3/b15-10+. The highest BCUT2D eigenvalue weighted by molar-refractivity contribution is 7.89. The molecule has 0 saturated carbocycles. The molecule has 0 aliphatic carbocycles. The Labute approximate surface area is 127 Å². The molecule has 0 aromatic heterocycles. The highest BCUT2D eigenvalue weighted by Crippen LogP contribution is 2.11. The third-order valence-corrected chi connectivity index (χ3v) is 4.06. The lowest BCUT2D eigenvalue weighted by Crippen LogP contribution is -2.18. The highest BCUT2D eigenvalue weighted by Gasteiger charge is 2.11. The molecule has 0 unspecified atom stereocenters. The molecule has 22 heavy (non-hydrogen) atoms. The summed E-state index contributed by atoms with van der Waals surface area (Å²) in [5.74, 6) is 0. The van der Waals surface area contributed by atoms with Gasteiger partial charge < -0.3 is 0 Å². The first-order valence-corrected chi connectivity index (χ1v) is 7.73. The minimum Gasteiger partial charge on any atom is -0.258 e. The second kappa shape index (κ2) is 6.35. The second-order valence-corrected chi connectivity index (χ2v) is 6.18. The molecule has 7 nitrogen and oxygen atoms in total. The van der Waals surface area contributed by atoms with Crippen LogP contribution in [0.3, 0.4) is 0 Å². The molecule has 0 fully saturated rings. The van der Waals surface area contributed by atoms with E-state index in [0.29, 0.717) is 5.56 Å². The maximum absolute atomic E-state index is 12.0. The van der Waals surface area contributed by atoms with Crippen LogP contribution in [-0.4, -0.2) is 19.6 Å². The van der Waals surface area contributed by atoms with Crippen molar-refractivity contribution in [2.45, 2.75) is 11.8 Å². The second-order valence-electron chi connectivity index (χ2n) is 4.51. The van der Waals surface area contributed by atoms with E-state index in [1.807, 2.05) is 6.92 Å². The topological polar surface area (TPSA) is 102 Å². The van der Waals surface area contributed by atoms with Crippen LogP contribution in [0.5, 0.6) is 0 Å². The van der Waals surface area contributed by atoms with Crippen molar-refractivity contribution < 1.29 is 13.3 Å². The summed E-state index contributed by atoms with van der Waals surface area (Å²) in [5, 5.41) is 14.2. The molecule has 0 bridgehead atoms. The van der Waals surface area contributed by atoms with Gasteiger partial charge in [0.2, 0.25) is 0 Å². The first-order chi connectivity index (χ1) is 10.4. The van der Waals surface area contributed by atoms with E-state index in [2.05, 4.69) is 9.93 Å². The van der Waals surface area contributed by atoms with E-state index < -0.39 is 14.9 Å². The monoisotopic (exact) mass is 319 g/mol. The van der Waals surface area contributed by atoms with Crippen LogP contribution in [0.25, 0.3) is 0 Å². The molecule has 0 spiro atoms. The lowest BCUT2D eigenvalue weighted by atomic mass is 10.2. The molecule has 2 aromatic carbocycles. The lowest BCUT2D eigenvalue weighted by molar-refractivity contribution is -0.384. The van der Waals surface area contributed by atoms with E-state index in [-0.39, 0.29) is 10.6 Å². The third kappa shape index (κ3) is 3.89. The molecule has 8 heteroatoms. The van der Waals surface area contributed by atoms with Gasteiger partial charge in [-0.15, -0.1) is 0 Å². The van der Waals surface area contributed by atoms with Gasteiger partial charge in [0.15, 0.2) is 0 Å². The molecule has 114 valence electrons. The molecule has 0 atom stereocenters. The lowest BCUT2D eigenvalue weighted by Gasteiger charge is -2.03. The molecule has 1 N–H and O–H groups in total. The van der Waals surface area contributed by atoms with E-state index in [4.69, 9.17) is 0 Å².